The maximum absolute atomic E-state index is 5.95. The minimum Gasteiger partial charge on any atom is -0.492 e. The van der Waals surface area contributed by atoms with Crippen LogP contribution in [0.25, 0.3) is 0 Å². The zero-order chi connectivity index (χ0) is 20.4. The largest absolute Gasteiger partial charge is 0.492 e. The van der Waals surface area contributed by atoms with Gasteiger partial charge < -0.3 is 25.0 Å². The maximum atomic E-state index is 5.95. The van der Waals surface area contributed by atoms with Gasteiger partial charge in [-0.1, -0.05) is 18.2 Å². The second kappa shape index (κ2) is 13.3. The highest BCUT2D eigenvalue weighted by Gasteiger charge is 2.28. The topological polar surface area (TPSA) is 61.4 Å². The molecule has 1 aromatic rings. The summed E-state index contributed by atoms with van der Waals surface area (Å²) in [6.45, 7) is 11.1. The molecule has 8 heteroatoms. The SMILES string of the molecule is CN=C(NCc1ccccc1OCCN(C)C)NCC(C)(C)N1CCOCC1.I. The molecule has 1 aromatic carbocycles. The van der Waals surface area contributed by atoms with Crippen LogP contribution in [0.4, 0.5) is 0 Å². The summed E-state index contributed by atoms with van der Waals surface area (Å²) in [7, 11) is 5.90. The molecule has 1 fully saturated rings. The quantitative estimate of drug-likeness (QED) is 0.296. The fourth-order valence-electron chi connectivity index (χ4n) is 3.11. The van der Waals surface area contributed by atoms with E-state index in [-0.39, 0.29) is 29.5 Å². The number of aliphatic imine (C=N–C) groups is 1. The van der Waals surface area contributed by atoms with E-state index in [0.717, 1.165) is 56.7 Å². The van der Waals surface area contributed by atoms with Crippen LogP contribution in [0.3, 0.4) is 0 Å². The standard InChI is InChI=1S/C21H37N5O2.HI/c1-21(2,26-11-13-27-14-12-26)17-24-20(22-3)23-16-18-8-6-7-9-19(18)28-15-10-25(4)5;/h6-9H,10-17H2,1-5H3,(H2,22,23,24);1H. The molecule has 0 unspecified atom stereocenters. The lowest BCUT2D eigenvalue weighted by Crippen LogP contribution is -2.56. The highest BCUT2D eigenvalue weighted by Crippen LogP contribution is 2.18. The van der Waals surface area contributed by atoms with Crippen LogP contribution in [0.5, 0.6) is 5.75 Å². The number of para-hydroxylation sites is 1. The zero-order valence-corrected chi connectivity index (χ0v) is 20.9. The first-order chi connectivity index (χ1) is 13.4. The molecule has 0 saturated carbocycles. The number of hydrogen-bond donors (Lipinski definition) is 2. The van der Waals surface area contributed by atoms with Crippen molar-refractivity contribution >= 4 is 29.9 Å². The number of guanidine groups is 1. The number of likely N-dealkylation sites (N-methyl/N-ethyl adjacent to an activating group) is 1. The average Bonchev–Trinajstić information content (AvgIpc) is 2.69. The van der Waals surface area contributed by atoms with Crippen molar-refractivity contribution in [2.24, 2.45) is 4.99 Å². The van der Waals surface area contributed by atoms with Crippen molar-refractivity contribution in [3.8, 4) is 5.75 Å². The summed E-state index contributed by atoms with van der Waals surface area (Å²) in [6, 6.07) is 8.15. The Morgan fingerprint density at radius 1 is 1.21 bits per heavy atom. The molecule has 0 amide bonds. The summed E-state index contributed by atoms with van der Waals surface area (Å²) in [5.41, 5.74) is 1.16. The number of nitrogens with one attached hydrogen (secondary N) is 2. The molecule has 0 spiro atoms. The van der Waals surface area contributed by atoms with E-state index in [1.807, 2.05) is 32.3 Å². The van der Waals surface area contributed by atoms with Gasteiger partial charge in [0.1, 0.15) is 12.4 Å². The summed E-state index contributed by atoms with van der Waals surface area (Å²) in [5, 5.41) is 6.87. The van der Waals surface area contributed by atoms with Gasteiger partial charge in [0.25, 0.3) is 0 Å². The normalized spacial score (nSPS) is 15.7. The molecule has 1 heterocycles. The number of halogens is 1. The molecule has 0 aliphatic carbocycles. The van der Waals surface area contributed by atoms with Crippen LogP contribution in [0, 0.1) is 0 Å². The van der Waals surface area contributed by atoms with Gasteiger partial charge in [-0.3, -0.25) is 9.89 Å². The molecular weight excluding hydrogens is 481 g/mol. The van der Waals surface area contributed by atoms with Crippen LogP contribution < -0.4 is 15.4 Å². The molecular formula is C21H38IN5O2. The molecule has 166 valence electrons. The molecule has 0 aromatic heterocycles. The number of nitrogens with zero attached hydrogens (tertiary/aromatic N) is 3. The van der Waals surface area contributed by atoms with Crippen molar-refractivity contribution in [3.05, 3.63) is 29.8 Å². The van der Waals surface area contributed by atoms with Gasteiger partial charge in [0.2, 0.25) is 0 Å². The zero-order valence-electron chi connectivity index (χ0n) is 18.5. The lowest BCUT2D eigenvalue weighted by Gasteiger charge is -2.41. The molecule has 0 atom stereocenters. The van der Waals surface area contributed by atoms with Gasteiger partial charge in [0, 0.05) is 50.9 Å². The number of ether oxygens (including phenoxy) is 2. The van der Waals surface area contributed by atoms with Crippen LogP contribution in [0.2, 0.25) is 0 Å². The lowest BCUT2D eigenvalue weighted by atomic mass is 10.0. The third-order valence-electron chi connectivity index (χ3n) is 4.99. The van der Waals surface area contributed by atoms with E-state index in [0.29, 0.717) is 13.2 Å². The Morgan fingerprint density at radius 2 is 1.90 bits per heavy atom. The second-order valence-electron chi connectivity index (χ2n) is 7.95. The third kappa shape index (κ3) is 9.06. The van der Waals surface area contributed by atoms with Gasteiger partial charge in [-0.2, -0.15) is 0 Å². The van der Waals surface area contributed by atoms with Crippen LogP contribution >= 0.6 is 24.0 Å². The molecule has 0 bridgehead atoms. The van der Waals surface area contributed by atoms with Gasteiger partial charge in [-0.25, -0.2) is 0 Å². The molecule has 2 rings (SSSR count). The Balaban J connectivity index is 0.00000420. The van der Waals surface area contributed by atoms with Crippen molar-refractivity contribution in [3.63, 3.8) is 0 Å². The second-order valence-corrected chi connectivity index (χ2v) is 7.95. The molecule has 1 aliphatic rings. The maximum Gasteiger partial charge on any atom is 0.191 e. The Labute approximate surface area is 193 Å². The average molecular weight is 519 g/mol. The summed E-state index contributed by atoms with van der Waals surface area (Å²) in [5.74, 6) is 1.71. The van der Waals surface area contributed by atoms with Crippen LogP contribution in [0.1, 0.15) is 19.4 Å². The molecule has 7 nitrogen and oxygen atoms in total. The van der Waals surface area contributed by atoms with Crippen molar-refractivity contribution in [1.82, 2.24) is 20.4 Å². The predicted octanol–water partition coefficient (Wildman–Crippen LogP) is 2.02. The van der Waals surface area contributed by atoms with Gasteiger partial charge in [0.05, 0.1) is 13.2 Å². The van der Waals surface area contributed by atoms with E-state index in [1.54, 1.807) is 7.05 Å². The minimum atomic E-state index is 0. The van der Waals surface area contributed by atoms with Gasteiger partial charge in [-0.15, -0.1) is 24.0 Å². The van der Waals surface area contributed by atoms with Crippen LogP contribution in [-0.2, 0) is 11.3 Å². The molecule has 0 radical (unpaired) electrons. The Hall–Kier alpha value is -1.10. The van der Waals surface area contributed by atoms with Gasteiger partial charge >= 0.3 is 0 Å². The predicted molar refractivity (Wildman–Crippen MR) is 131 cm³/mol. The molecule has 1 aliphatic heterocycles. The number of benzene rings is 1. The number of hydrogen-bond acceptors (Lipinski definition) is 5. The summed E-state index contributed by atoms with van der Waals surface area (Å²) >= 11 is 0. The van der Waals surface area contributed by atoms with Crippen LogP contribution in [0.15, 0.2) is 29.3 Å². The minimum absolute atomic E-state index is 0. The van der Waals surface area contributed by atoms with Crippen molar-refractivity contribution in [2.75, 3.05) is 67.1 Å². The van der Waals surface area contributed by atoms with Crippen molar-refractivity contribution < 1.29 is 9.47 Å². The summed E-state index contributed by atoms with van der Waals surface area (Å²) in [4.78, 5) is 8.95. The van der Waals surface area contributed by atoms with Crippen LogP contribution in [-0.4, -0.2) is 88.4 Å². The van der Waals surface area contributed by atoms with E-state index in [4.69, 9.17) is 9.47 Å². The van der Waals surface area contributed by atoms with Gasteiger partial charge in [0.15, 0.2) is 5.96 Å². The van der Waals surface area contributed by atoms with Crippen molar-refractivity contribution in [2.45, 2.75) is 25.9 Å². The monoisotopic (exact) mass is 519 g/mol. The fourth-order valence-corrected chi connectivity index (χ4v) is 3.11. The molecule has 2 N–H and O–H groups in total. The first kappa shape index (κ1) is 25.9. The van der Waals surface area contributed by atoms with E-state index in [1.165, 1.54) is 0 Å². The highest BCUT2D eigenvalue weighted by molar-refractivity contribution is 14.0. The number of rotatable bonds is 9. The molecule has 1 saturated heterocycles. The van der Waals surface area contributed by atoms with E-state index in [2.05, 4.69) is 45.3 Å². The van der Waals surface area contributed by atoms with Gasteiger partial charge in [-0.05, 0) is 34.0 Å². The third-order valence-corrected chi connectivity index (χ3v) is 4.99. The number of morpholine rings is 1. The summed E-state index contributed by atoms with van der Waals surface area (Å²) in [6.07, 6.45) is 0. The molecule has 29 heavy (non-hydrogen) atoms. The van der Waals surface area contributed by atoms with E-state index in [9.17, 15) is 0 Å². The Morgan fingerprint density at radius 3 is 2.55 bits per heavy atom. The van der Waals surface area contributed by atoms with E-state index >= 15 is 0 Å². The smallest absolute Gasteiger partial charge is 0.191 e. The summed E-state index contributed by atoms with van der Waals surface area (Å²) < 4.78 is 11.4. The first-order valence-corrected chi connectivity index (χ1v) is 10.0. The highest BCUT2D eigenvalue weighted by atomic mass is 127. The first-order valence-electron chi connectivity index (χ1n) is 10.0. The fraction of sp³-hybridized carbons (Fsp3) is 0.667. The Bertz CT molecular complexity index is 619. The lowest BCUT2D eigenvalue weighted by molar-refractivity contribution is -0.00834. The van der Waals surface area contributed by atoms with Crippen molar-refractivity contribution in [1.29, 1.82) is 0 Å². The Kier molecular flexibility index (Phi) is 11.9. The van der Waals surface area contributed by atoms with E-state index < -0.39 is 0 Å².